The lowest BCUT2D eigenvalue weighted by Crippen LogP contribution is -2.30. The van der Waals surface area contributed by atoms with Crippen molar-refractivity contribution >= 4 is 26.0 Å². The van der Waals surface area contributed by atoms with Gasteiger partial charge >= 0.3 is 0 Å². The third-order valence-electron chi connectivity index (χ3n) is 5.14. The van der Waals surface area contributed by atoms with E-state index >= 15 is 0 Å². The molecular weight excluding hydrogens is 456 g/mol. The highest BCUT2D eigenvalue weighted by Gasteiger charge is 2.22. The van der Waals surface area contributed by atoms with E-state index in [0.717, 1.165) is 30.8 Å². The summed E-state index contributed by atoms with van der Waals surface area (Å²) in [6, 6.07) is 11.1. The Kier molecular flexibility index (Phi) is 7.56. The molecule has 0 radical (unpaired) electrons. The maximum atomic E-state index is 12.9. The molecule has 3 rings (SSSR count). The average molecular weight is 483 g/mol. The van der Waals surface area contributed by atoms with Crippen molar-refractivity contribution in [2.45, 2.75) is 37.2 Å². The van der Waals surface area contributed by atoms with Gasteiger partial charge in [-0.1, -0.05) is 30.7 Å². The molecule has 1 saturated heterocycles. The minimum Gasteiger partial charge on any atom is -0.493 e. The minimum atomic E-state index is -3.74. The number of methoxy groups -OCH3 is 2. The van der Waals surface area contributed by atoms with Crippen LogP contribution in [0.15, 0.2) is 45.8 Å². The number of hydrogen-bond donors (Lipinski definition) is 1. The fourth-order valence-corrected chi connectivity index (χ4v) is 5.58. The number of halogens is 1. The van der Waals surface area contributed by atoms with Gasteiger partial charge in [0.25, 0.3) is 0 Å². The first kappa shape index (κ1) is 22.1. The molecular formula is C21H27BrN2O4S. The van der Waals surface area contributed by atoms with Crippen molar-refractivity contribution in [1.82, 2.24) is 9.62 Å². The quantitative estimate of drug-likeness (QED) is 0.617. The third kappa shape index (κ3) is 5.51. The molecule has 0 amide bonds. The van der Waals surface area contributed by atoms with Crippen LogP contribution in [-0.4, -0.2) is 40.6 Å². The molecule has 158 valence electrons. The number of nitrogens with one attached hydrogen (secondary N) is 1. The molecule has 1 heterocycles. The summed E-state index contributed by atoms with van der Waals surface area (Å²) in [4.78, 5) is 2.55. The summed E-state index contributed by atoms with van der Waals surface area (Å²) in [6.45, 7) is 3.27. The molecule has 0 spiro atoms. The molecule has 0 aliphatic carbocycles. The van der Waals surface area contributed by atoms with E-state index in [4.69, 9.17) is 9.47 Å². The second-order valence-corrected chi connectivity index (χ2v) is 9.66. The number of likely N-dealkylation sites (tertiary alicyclic amines) is 1. The fourth-order valence-electron chi connectivity index (χ4n) is 3.53. The number of hydrogen-bond acceptors (Lipinski definition) is 5. The lowest BCUT2D eigenvalue weighted by atomic mass is 10.1. The van der Waals surface area contributed by atoms with Crippen LogP contribution in [0.2, 0.25) is 0 Å². The Morgan fingerprint density at radius 1 is 1.00 bits per heavy atom. The number of nitrogens with zero attached hydrogens (tertiary/aromatic N) is 1. The lowest BCUT2D eigenvalue weighted by Gasteiger charge is -2.27. The van der Waals surface area contributed by atoms with Crippen LogP contribution in [0.3, 0.4) is 0 Å². The maximum Gasteiger partial charge on any atom is 0.242 e. The number of sulfonamides is 1. The fraction of sp³-hybridized carbons (Fsp3) is 0.429. The molecule has 0 bridgehead atoms. The summed E-state index contributed by atoms with van der Waals surface area (Å²) < 4.78 is 39.5. The first-order chi connectivity index (χ1) is 13.9. The summed E-state index contributed by atoms with van der Waals surface area (Å²) in [5.74, 6) is 0.826. The third-order valence-corrected chi connectivity index (χ3v) is 7.50. The van der Waals surface area contributed by atoms with Crippen molar-refractivity contribution in [3.63, 3.8) is 0 Å². The molecule has 8 heteroatoms. The van der Waals surface area contributed by atoms with E-state index in [2.05, 4.69) is 31.6 Å². The number of benzene rings is 2. The molecule has 0 unspecified atom stereocenters. The van der Waals surface area contributed by atoms with Gasteiger partial charge in [0.2, 0.25) is 10.0 Å². The zero-order chi connectivity index (χ0) is 20.9. The van der Waals surface area contributed by atoms with E-state index in [0.29, 0.717) is 16.0 Å². The smallest absolute Gasteiger partial charge is 0.242 e. The monoisotopic (exact) mass is 482 g/mol. The normalized spacial score (nSPS) is 15.3. The molecule has 0 saturated carbocycles. The maximum absolute atomic E-state index is 12.9. The summed E-state index contributed by atoms with van der Waals surface area (Å²) in [6.07, 6.45) is 3.74. The van der Waals surface area contributed by atoms with E-state index in [-0.39, 0.29) is 11.4 Å². The highest BCUT2D eigenvalue weighted by Crippen LogP contribution is 2.35. The van der Waals surface area contributed by atoms with Gasteiger partial charge in [0.05, 0.1) is 14.2 Å². The zero-order valence-corrected chi connectivity index (χ0v) is 19.2. The number of rotatable bonds is 8. The van der Waals surface area contributed by atoms with Gasteiger partial charge in [-0.2, -0.15) is 0 Å². The van der Waals surface area contributed by atoms with Crippen LogP contribution in [0, 0.1) is 0 Å². The lowest BCUT2D eigenvalue weighted by molar-refractivity contribution is 0.220. The van der Waals surface area contributed by atoms with Crippen LogP contribution in [0.25, 0.3) is 0 Å². The number of ether oxygens (including phenoxy) is 2. The highest BCUT2D eigenvalue weighted by atomic mass is 79.9. The molecule has 2 aromatic carbocycles. The standard InChI is InChI=1S/C21H27BrN2O4S/c1-27-19-12-18(22)21(13-20(19)28-2)29(25,26)23-14-16-8-4-5-9-17(16)15-24-10-6-3-7-11-24/h4-5,8-9,12-13,23H,3,6-7,10-11,14-15H2,1-2H3. The second-order valence-electron chi connectivity index (χ2n) is 7.07. The Labute approximate surface area is 181 Å². The Balaban J connectivity index is 1.77. The van der Waals surface area contributed by atoms with Crippen molar-refractivity contribution in [2.24, 2.45) is 0 Å². The van der Waals surface area contributed by atoms with E-state index < -0.39 is 10.0 Å². The van der Waals surface area contributed by atoms with Gasteiger partial charge in [-0.25, -0.2) is 13.1 Å². The summed E-state index contributed by atoms with van der Waals surface area (Å²) in [5, 5.41) is 0. The second kappa shape index (κ2) is 9.93. The number of piperidine rings is 1. The highest BCUT2D eigenvalue weighted by molar-refractivity contribution is 9.10. The molecule has 1 aliphatic rings. The Hall–Kier alpha value is -1.61. The largest absolute Gasteiger partial charge is 0.493 e. The Morgan fingerprint density at radius 3 is 2.28 bits per heavy atom. The van der Waals surface area contributed by atoms with Gasteiger partial charge < -0.3 is 9.47 Å². The first-order valence-corrected chi connectivity index (χ1v) is 11.9. The van der Waals surface area contributed by atoms with Crippen LogP contribution in [0.1, 0.15) is 30.4 Å². The Morgan fingerprint density at radius 2 is 1.62 bits per heavy atom. The van der Waals surface area contributed by atoms with Crippen molar-refractivity contribution in [3.8, 4) is 11.5 Å². The molecule has 6 nitrogen and oxygen atoms in total. The van der Waals surface area contributed by atoms with E-state index in [1.54, 1.807) is 6.07 Å². The zero-order valence-electron chi connectivity index (χ0n) is 16.8. The predicted molar refractivity (Wildman–Crippen MR) is 117 cm³/mol. The SMILES string of the molecule is COc1cc(Br)c(S(=O)(=O)NCc2ccccc2CN2CCCCC2)cc1OC. The van der Waals surface area contributed by atoms with Crippen LogP contribution in [0.4, 0.5) is 0 Å². The average Bonchev–Trinajstić information content (AvgIpc) is 2.73. The van der Waals surface area contributed by atoms with Gasteiger partial charge in [0, 0.05) is 23.6 Å². The summed E-state index contributed by atoms with van der Waals surface area (Å²) in [7, 11) is -0.754. The van der Waals surface area contributed by atoms with Gasteiger partial charge in [0.1, 0.15) is 4.90 Å². The molecule has 2 aromatic rings. The van der Waals surface area contributed by atoms with Crippen LogP contribution >= 0.6 is 15.9 Å². The van der Waals surface area contributed by atoms with Crippen molar-refractivity contribution in [3.05, 3.63) is 52.0 Å². The van der Waals surface area contributed by atoms with Crippen molar-refractivity contribution < 1.29 is 17.9 Å². The topological polar surface area (TPSA) is 67.9 Å². The molecule has 0 atom stereocenters. The van der Waals surface area contributed by atoms with Crippen molar-refractivity contribution in [2.75, 3.05) is 27.3 Å². The van der Waals surface area contributed by atoms with E-state index in [1.807, 2.05) is 18.2 Å². The van der Waals surface area contributed by atoms with Gasteiger partial charge in [-0.3, -0.25) is 4.90 Å². The molecule has 1 fully saturated rings. The summed E-state index contributed by atoms with van der Waals surface area (Å²) in [5.41, 5.74) is 2.14. The predicted octanol–water partition coefficient (Wildman–Crippen LogP) is 3.93. The van der Waals surface area contributed by atoms with Crippen LogP contribution < -0.4 is 14.2 Å². The van der Waals surface area contributed by atoms with Gasteiger partial charge in [0.15, 0.2) is 11.5 Å². The van der Waals surface area contributed by atoms with Crippen molar-refractivity contribution in [1.29, 1.82) is 0 Å². The molecule has 1 N–H and O–H groups in total. The van der Waals surface area contributed by atoms with Crippen LogP contribution in [0.5, 0.6) is 11.5 Å². The van der Waals surface area contributed by atoms with Gasteiger partial charge in [-0.05, 0) is 59.1 Å². The molecule has 1 aliphatic heterocycles. The van der Waals surface area contributed by atoms with E-state index in [9.17, 15) is 8.42 Å². The molecule has 29 heavy (non-hydrogen) atoms. The first-order valence-electron chi connectivity index (χ1n) is 9.65. The Bertz CT molecular complexity index is 944. The summed E-state index contributed by atoms with van der Waals surface area (Å²) >= 11 is 3.33. The molecule has 0 aromatic heterocycles. The van der Waals surface area contributed by atoms with Crippen LogP contribution in [-0.2, 0) is 23.1 Å². The minimum absolute atomic E-state index is 0.115. The van der Waals surface area contributed by atoms with Gasteiger partial charge in [-0.15, -0.1) is 0 Å². The van der Waals surface area contributed by atoms with E-state index in [1.165, 1.54) is 39.5 Å².